The number of unbranched alkanes of at least 4 members (excludes halogenated alkanes) is 1. The van der Waals surface area contributed by atoms with E-state index in [1.165, 1.54) is 0 Å². The molecule has 0 aromatic heterocycles. The van der Waals surface area contributed by atoms with Crippen LogP contribution in [0.5, 0.6) is 5.75 Å². The number of amides is 1. The zero-order valence-corrected chi connectivity index (χ0v) is 12.4. The lowest BCUT2D eigenvalue weighted by Gasteiger charge is -2.14. The number of aldehydes is 1. The lowest BCUT2D eigenvalue weighted by molar-refractivity contribution is -0.116. The van der Waals surface area contributed by atoms with Crippen molar-refractivity contribution in [2.75, 3.05) is 11.9 Å². The summed E-state index contributed by atoms with van der Waals surface area (Å²) in [4.78, 5) is 22.6. The number of carbonyl (C=O) groups is 2. The summed E-state index contributed by atoms with van der Waals surface area (Å²) in [6, 6.07) is 5.05. The largest absolute Gasteiger partial charge is 0.491 e. The zero-order valence-electron chi connectivity index (χ0n) is 12.4. The van der Waals surface area contributed by atoms with Crippen molar-refractivity contribution >= 4 is 17.9 Å². The average Bonchev–Trinajstić information content (AvgIpc) is 2.43. The summed E-state index contributed by atoms with van der Waals surface area (Å²) in [5.74, 6) is 0.947. The molecule has 0 saturated carbocycles. The van der Waals surface area contributed by atoms with Crippen molar-refractivity contribution in [3.8, 4) is 5.75 Å². The van der Waals surface area contributed by atoms with E-state index in [2.05, 4.69) is 19.2 Å². The Hall–Kier alpha value is -1.84. The molecule has 0 aliphatic heterocycles. The average molecular weight is 277 g/mol. The van der Waals surface area contributed by atoms with Crippen LogP contribution in [0.15, 0.2) is 18.2 Å². The smallest absolute Gasteiger partial charge is 0.224 e. The van der Waals surface area contributed by atoms with Crippen molar-refractivity contribution in [3.05, 3.63) is 23.8 Å². The number of anilines is 1. The normalized spacial score (nSPS) is 10.4. The predicted octanol–water partition coefficient (Wildman–Crippen LogP) is 3.66. The van der Waals surface area contributed by atoms with Gasteiger partial charge in [0, 0.05) is 12.0 Å². The van der Waals surface area contributed by atoms with Crippen LogP contribution in [0, 0.1) is 5.92 Å². The molecule has 0 heterocycles. The van der Waals surface area contributed by atoms with Crippen LogP contribution in [0.4, 0.5) is 5.69 Å². The van der Waals surface area contributed by atoms with Crippen LogP contribution >= 0.6 is 0 Å². The molecule has 0 atom stereocenters. The number of hydrogen-bond acceptors (Lipinski definition) is 3. The monoisotopic (exact) mass is 277 g/mol. The van der Waals surface area contributed by atoms with E-state index in [1.807, 2.05) is 6.92 Å². The molecule has 1 aromatic carbocycles. The van der Waals surface area contributed by atoms with Gasteiger partial charge in [-0.15, -0.1) is 0 Å². The molecule has 1 amide bonds. The molecule has 0 aliphatic rings. The zero-order chi connectivity index (χ0) is 15.0. The number of ether oxygens (including phenoxy) is 1. The molecule has 1 rings (SSSR count). The molecule has 0 radical (unpaired) electrons. The van der Waals surface area contributed by atoms with Crippen LogP contribution < -0.4 is 10.1 Å². The van der Waals surface area contributed by atoms with E-state index >= 15 is 0 Å². The molecule has 0 saturated heterocycles. The Labute approximate surface area is 120 Å². The molecule has 1 N–H and O–H groups in total. The Bertz CT molecular complexity index is 455. The minimum Gasteiger partial charge on any atom is -0.491 e. The molecule has 20 heavy (non-hydrogen) atoms. The van der Waals surface area contributed by atoms with Crippen LogP contribution in [0.3, 0.4) is 0 Å². The van der Waals surface area contributed by atoms with E-state index in [-0.39, 0.29) is 5.91 Å². The van der Waals surface area contributed by atoms with Gasteiger partial charge in [0.2, 0.25) is 5.91 Å². The minimum atomic E-state index is -0.0516. The fourth-order valence-electron chi connectivity index (χ4n) is 1.65. The lowest BCUT2D eigenvalue weighted by Crippen LogP contribution is -2.13. The highest BCUT2D eigenvalue weighted by molar-refractivity contribution is 5.93. The standard InChI is InChI=1S/C16H23NO3/c1-4-5-6-16(19)17-14-9-13(10-18)7-8-15(14)20-11-12(2)3/h7-10,12H,4-6,11H2,1-3H3,(H,17,19). The van der Waals surface area contributed by atoms with Crippen LogP contribution in [0.25, 0.3) is 0 Å². The van der Waals surface area contributed by atoms with E-state index in [0.29, 0.717) is 35.9 Å². The first kappa shape index (κ1) is 16.2. The molecule has 0 bridgehead atoms. The Morgan fingerprint density at radius 2 is 2.15 bits per heavy atom. The van der Waals surface area contributed by atoms with Gasteiger partial charge in [-0.3, -0.25) is 9.59 Å². The predicted molar refractivity (Wildman–Crippen MR) is 80.3 cm³/mol. The van der Waals surface area contributed by atoms with Crippen molar-refractivity contribution in [2.45, 2.75) is 40.0 Å². The Morgan fingerprint density at radius 3 is 2.75 bits per heavy atom. The van der Waals surface area contributed by atoms with Crippen LogP contribution in [-0.2, 0) is 4.79 Å². The van der Waals surface area contributed by atoms with Gasteiger partial charge in [-0.1, -0.05) is 27.2 Å². The number of hydrogen-bond donors (Lipinski definition) is 1. The van der Waals surface area contributed by atoms with Gasteiger partial charge in [-0.25, -0.2) is 0 Å². The molecule has 0 spiro atoms. The molecule has 0 unspecified atom stereocenters. The van der Waals surface area contributed by atoms with Gasteiger partial charge in [-0.05, 0) is 30.5 Å². The van der Waals surface area contributed by atoms with E-state index in [0.717, 1.165) is 19.1 Å². The van der Waals surface area contributed by atoms with Crippen LogP contribution in [-0.4, -0.2) is 18.8 Å². The maximum Gasteiger partial charge on any atom is 0.224 e. The number of carbonyl (C=O) groups excluding carboxylic acids is 2. The summed E-state index contributed by atoms with van der Waals surface area (Å²) in [6.45, 7) is 6.72. The highest BCUT2D eigenvalue weighted by atomic mass is 16.5. The summed E-state index contributed by atoms with van der Waals surface area (Å²) in [7, 11) is 0. The summed E-state index contributed by atoms with van der Waals surface area (Å²) in [5.41, 5.74) is 1.09. The highest BCUT2D eigenvalue weighted by Crippen LogP contribution is 2.26. The minimum absolute atomic E-state index is 0.0516. The third-order valence-electron chi connectivity index (χ3n) is 2.74. The van der Waals surface area contributed by atoms with Gasteiger partial charge in [0.15, 0.2) is 0 Å². The SMILES string of the molecule is CCCCC(=O)Nc1cc(C=O)ccc1OCC(C)C. The van der Waals surface area contributed by atoms with Gasteiger partial charge < -0.3 is 10.1 Å². The summed E-state index contributed by atoms with van der Waals surface area (Å²) in [6.07, 6.45) is 3.05. The van der Waals surface area contributed by atoms with Gasteiger partial charge >= 0.3 is 0 Å². The van der Waals surface area contributed by atoms with E-state index < -0.39 is 0 Å². The second kappa shape index (κ2) is 8.35. The molecule has 4 nitrogen and oxygen atoms in total. The van der Waals surface area contributed by atoms with Gasteiger partial charge in [0.05, 0.1) is 12.3 Å². The molecule has 4 heteroatoms. The van der Waals surface area contributed by atoms with Gasteiger partial charge in [0.1, 0.15) is 12.0 Å². The Balaban J connectivity index is 2.82. The maximum atomic E-state index is 11.8. The molecule has 0 fully saturated rings. The Kier molecular flexibility index (Phi) is 6.77. The fraction of sp³-hybridized carbons (Fsp3) is 0.500. The van der Waals surface area contributed by atoms with Crippen molar-refractivity contribution < 1.29 is 14.3 Å². The maximum absolute atomic E-state index is 11.8. The molecular formula is C16H23NO3. The summed E-state index contributed by atoms with van der Waals surface area (Å²) in [5, 5.41) is 2.82. The number of benzene rings is 1. The summed E-state index contributed by atoms with van der Waals surface area (Å²) < 4.78 is 5.67. The first-order chi connectivity index (χ1) is 9.56. The van der Waals surface area contributed by atoms with Crippen molar-refractivity contribution in [3.63, 3.8) is 0 Å². The second-order valence-electron chi connectivity index (χ2n) is 5.23. The van der Waals surface area contributed by atoms with Gasteiger partial charge in [-0.2, -0.15) is 0 Å². The quantitative estimate of drug-likeness (QED) is 0.738. The first-order valence-corrected chi connectivity index (χ1v) is 7.08. The van der Waals surface area contributed by atoms with Crippen molar-refractivity contribution in [1.82, 2.24) is 0 Å². The summed E-state index contributed by atoms with van der Waals surface area (Å²) >= 11 is 0. The van der Waals surface area contributed by atoms with E-state index in [1.54, 1.807) is 18.2 Å². The highest BCUT2D eigenvalue weighted by Gasteiger charge is 2.09. The van der Waals surface area contributed by atoms with E-state index in [4.69, 9.17) is 4.74 Å². The third-order valence-corrected chi connectivity index (χ3v) is 2.74. The fourth-order valence-corrected chi connectivity index (χ4v) is 1.65. The molecule has 0 aliphatic carbocycles. The molecular weight excluding hydrogens is 254 g/mol. The third kappa shape index (κ3) is 5.43. The van der Waals surface area contributed by atoms with Crippen molar-refractivity contribution in [2.24, 2.45) is 5.92 Å². The van der Waals surface area contributed by atoms with Crippen LogP contribution in [0.1, 0.15) is 50.4 Å². The number of rotatable bonds is 8. The Morgan fingerprint density at radius 1 is 1.40 bits per heavy atom. The number of nitrogens with one attached hydrogen (secondary N) is 1. The second-order valence-corrected chi connectivity index (χ2v) is 5.23. The lowest BCUT2D eigenvalue weighted by atomic mass is 10.2. The van der Waals surface area contributed by atoms with Crippen LogP contribution in [0.2, 0.25) is 0 Å². The van der Waals surface area contributed by atoms with Gasteiger partial charge in [0.25, 0.3) is 0 Å². The topological polar surface area (TPSA) is 55.4 Å². The molecule has 110 valence electrons. The van der Waals surface area contributed by atoms with E-state index in [9.17, 15) is 9.59 Å². The molecule has 1 aromatic rings. The van der Waals surface area contributed by atoms with Crippen molar-refractivity contribution in [1.29, 1.82) is 0 Å². The first-order valence-electron chi connectivity index (χ1n) is 7.08.